The lowest BCUT2D eigenvalue weighted by atomic mass is 10.0. The summed E-state index contributed by atoms with van der Waals surface area (Å²) in [4.78, 5) is 4.00. The van der Waals surface area contributed by atoms with Crippen LogP contribution >= 0.6 is 15.9 Å². The third kappa shape index (κ3) is 2.86. The maximum absolute atomic E-state index is 10.4. The number of aliphatic hydroxyl groups excluding tert-OH is 1. The zero-order chi connectivity index (χ0) is 14.7. The Morgan fingerprint density at radius 3 is 2.85 bits per heavy atom. The van der Waals surface area contributed by atoms with Crippen LogP contribution in [0.1, 0.15) is 30.0 Å². The van der Waals surface area contributed by atoms with Gasteiger partial charge in [-0.15, -0.1) is 0 Å². The van der Waals surface area contributed by atoms with Crippen LogP contribution in [0.4, 0.5) is 0 Å². The molecule has 0 aliphatic rings. The molecule has 5 nitrogen and oxygen atoms in total. The van der Waals surface area contributed by atoms with Crippen LogP contribution in [-0.2, 0) is 19.9 Å². The highest BCUT2D eigenvalue weighted by molar-refractivity contribution is 9.10. The summed E-state index contributed by atoms with van der Waals surface area (Å²) in [6, 6.07) is 1.77. The first-order valence-electron chi connectivity index (χ1n) is 6.44. The highest BCUT2D eigenvalue weighted by Gasteiger charge is 2.19. The highest BCUT2D eigenvalue weighted by Crippen LogP contribution is 2.30. The number of hydrogen-bond acceptors (Lipinski definition) is 4. The molecule has 0 aliphatic heterocycles. The molecular formula is C14H18BrN3O2. The van der Waals surface area contributed by atoms with Gasteiger partial charge in [0, 0.05) is 25.2 Å². The molecule has 0 saturated carbocycles. The largest absolute Gasteiger partial charge is 0.495 e. The summed E-state index contributed by atoms with van der Waals surface area (Å²) in [6.07, 6.45) is 3.91. The van der Waals surface area contributed by atoms with E-state index in [1.54, 1.807) is 30.3 Å². The van der Waals surface area contributed by atoms with E-state index in [1.165, 1.54) is 0 Å². The Balaban J connectivity index is 2.28. The number of halogens is 1. The SMILES string of the molecule is CCc1nn(C)c(CC(O)c2ccncc2OC)c1Br. The third-order valence-corrected chi connectivity index (χ3v) is 4.20. The number of aryl methyl sites for hydroxylation is 2. The van der Waals surface area contributed by atoms with E-state index in [4.69, 9.17) is 4.74 Å². The van der Waals surface area contributed by atoms with E-state index in [0.717, 1.165) is 27.8 Å². The molecule has 0 radical (unpaired) electrons. The van der Waals surface area contributed by atoms with Crippen molar-refractivity contribution in [2.45, 2.75) is 25.9 Å². The van der Waals surface area contributed by atoms with Crippen molar-refractivity contribution in [3.8, 4) is 5.75 Å². The lowest BCUT2D eigenvalue weighted by Gasteiger charge is -2.14. The quantitative estimate of drug-likeness (QED) is 0.908. The molecule has 20 heavy (non-hydrogen) atoms. The van der Waals surface area contributed by atoms with E-state index in [0.29, 0.717) is 12.2 Å². The second kappa shape index (κ2) is 6.37. The van der Waals surface area contributed by atoms with Crippen LogP contribution in [0.3, 0.4) is 0 Å². The Morgan fingerprint density at radius 1 is 1.50 bits per heavy atom. The van der Waals surface area contributed by atoms with Crippen molar-refractivity contribution in [2.24, 2.45) is 7.05 Å². The minimum atomic E-state index is -0.663. The molecule has 2 heterocycles. The molecule has 6 heteroatoms. The van der Waals surface area contributed by atoms with Gasteiger partial charge in [0.2, 0.25) is 0 Å². The summed E-state index contributed by atoms with van der Waals surface area (Å²) in [6.45, 7) is 2.05. The normalized spacial score (nSPS) is 12.4. The van der Waals surface area contributed by atoms with Gasteiger partial charge < -0.3 is 9.84 Å². The van der Waals surface area contributed by atoms with Crippen molar-refractivity contribution in [1.82, 2.24) is 14.8 Å². The Morgan fingerprint density at radius 2 is 2.25 bits per heavy atom. The number of rotatable bonds is 5. The molecule has 2 aromatic rings. The third-order valence-electron chi connectivity index (χ3n) is 3.29. The van der Waals surface area contributed by atoms with E-state index < -0.39 is 6.10 Å². The fourth-order valence-corrected chi connectivity index (χ4v) is 2.95. The number of aromatic nitrogens is 3. The minimum absolute atomic E-state index is 0.463. The summed E-state index contributed by atoms with van der Waals surface area (Å²) in [7, 11) is 3.46. The van der Waals surface area contributed by atoms with Crippen molar-refractivity contribution in [3.05, 3.63) is 39.9 Å². The highest BCUT2D eigenvalue weighted by atomic mass is 79.9. The van der Waals surface area contributed by atoms with Crippen molar-refractivity contribution in [1.29, 1.82) is 0 Å². The van der Waals surface area contributed by atoms with Gasteiger partial charge in [0.1, 0.15) is 5.75 Å². The Bertz CT molecular complexity index is 598. The number of hydrogen-bond donors (Lipinski definition) is 1. The lowest BCUT2D eigenvalue weighted by molar-refractivity contribution is 0.171. The second-order valence-electron chi connectivity index (χ2n) is 4.52. The van der Waals surface area contributed by atoms with Crippen molar-refractivity contribution in [3.63, 3.8) is 0 Å². The molecule has 0 bridgehead atoms. The van der Waals surface area contributed by atoms with Crippen LogP contribution in [0, 0.1) is 0 Å². The smallest absolute Gasteiger partial charge is 0.142 e. The molecule has 0 amide bonds. The van der Waals surface area contributed by atoms with Gasteiger partial charge in [-0.05, 0) is 28.4 Å². The topological polar surface area (TPSA) is 60.2 Å². The van der Waals surface area contributed by atoms with E-state index in [2.05, 4.69) is 32.9 Å². The van der Waals surface area contributed by atoms with E-state index in [-0.39, 0.29) is 0 Å². The second-order valence-corrected chi connectivity index (χ2v) is 5.32. The average Bonchev–Trinajstić information content (AvgIpc) is 2.74. The molecule has 1 unspecified atom stereocenters. The molecule has 0 fully saturated rings. The van der Waals surface area contributed by atoms with Crippen molar-refractivity contribution < 1.29 is 9.84 Å². The molecular weight excluding hydrogens is 322 g/mol. The molecule has 0 saturated heterocycles. The molecule has 1 N–H and O–H groups in total. The first-order valence-corrected chi connectivity index (χ1v) is 7.24. The zero-order valence-corrected chi connectivity index (χ0v) is 13.4. The van der Waals surface area contributed by atoms with Gasteiger partial charge in [-0.1, -0.05) is 6.92 Å². The minimum Gasteiger partial charge on any atom is -0.495 e. The van der Waals surface area contributed by atoms with Crippen molar-refractivity contribution in [2.75, 3.05) is 7.11 Å². The van der Waals surface area contributed by atoms with Crippen LogP contribution in [-0.4, -0.2) is 27.0 Å². The lowest BCUT2D eigenvalue weighted by Crippen LogP contribution is -2.08. The molecule has 1 atom stereocenters. The van der Waals surface area contributed by atoms with Gasteiger partial charge in [0.25, 0.3) is 0 Å². The molecule has 0 aromatic carbocycles. The number of ether oxygens (including phenoxy) is 1. The number of aliphatic hydroxyl groups is 1. The molecule has 0 aliphatic carbocycles. The number of pyridine rings is 1. The van der Waals surface area contributed by atoms with Gasteiger partial charge >= 0.3 is 0 Å². The monoisotopic (exact) mass is 339 g/mol. The Hall–Kier alpha value is -1.40. The summed E-state index contributed by atoms with van der Waals surface area (Å²) in [5, 5.41) is 14.9. The summed E-state index contributed by atoms with van der Waals surface area (Å²) < 4.78 is 8.01. The number of nitrogens with zero attached hydrogens (tertiary/aromatic N) is 3. The predicted octanol–water partition coefficient (Wildman–Crippen LogP) is 2.42. The first kappa shape index (κ1) is 15.0. The van der Waals surface area contributed by atoms with E-state index >= 15 is 0 Å². The van der Waals surface area contributed by atoms with Crippen LogP contribution in [0.25, 0.3) is 0 Å². The van der Waals surface area contributed by atoms with E-state index in [9.17, 15) is 5.11 Å². The Labute approximate surface area is 126 Å². The van der Waals surface area contributed by atoms with Gasteiger partial charge in [0.15, 0.2) is 0 Å². The van der Waals surface area contributed by atoms with Gasteiger partial charge in [0.05, 0.1) is 35.3 Å². The maximum Gasteiger partial charge on any atom is 0.142 e. The molecule has 2 aromatic heterocycles. The zero-order valence-electron chi connectivity index (χ0n) is 11.8. The van der Waals surface area contributed by atoms with Crippen molar-refractivity contribution >= 4 is 15.9 Å². The van der Waals surface area contributed by atoms with Gasteiger partial charge in [-0.3, -0.25) is 9.67 Å². The summed E-state index contributed by atoms with van der Waals surface area (Å²) in [5.41, 5.74) is 2.69. The van der Waals surface area contributed by atoms with Crippen LogP contribution in [0.15, 0.2) is 22.9 Å². The average molecular weight is 340 g/mol. The number of methoxy groups -OCH3 is 1. The predicted molar refractivity (Wildman–Crippen MR) is 79.7 cm³/mol. The fourth-order valence-electron chi connectivity index (χ4n) is 2.17. The van der Waals surface area contributed by atoms with E-state index in [1.807, 2.05) is 7.05 Å². The first-order chi connectivity index (χ1) is 9.58. The maximum atomic E-state index is 10.4. The van der Waals surface area contributed by atoms with Crippen LogP contribution < -0.4 is 4.74 Å². The van der Waals surface area contributed by atoms with Crippen LogP contribution in [0.5, 0.6) is 5.75 Å². The van der Waals surface area contributed by atoms with Crippen LogP contribution in [0.2, 0.25) is 0 Å². The van der Waals surface area contributed by atoms with Gasteiger partial charge in [-0.2, -0.15) is 5.10 Å². The standard InChI is InChI=1S/C14H18BrN3O2/c1-4-10-14(15)11(18(2)17-10)7-12(19)9-5-6-16-8-13(9)20-3/h5-6,8,12,19H,4,7H2,1-3H3. The molecule has 108 valence electrons. The summed E-state index contributed by atoms with van der Waals surface area (Å²) >= 11 is 3.56. The molecule has 0 spiro atoms. The Kier molecular flexibility index (Phi) is 4.77. The molecule has 2 rings (SSSR count). The van der Waals surface area contributed by atoms with Gasteiger partial charge in [-0.25, -0.2) is 0 Å². The summed E-state index contributed by atoms with van der Waals surface area (Å²) in [5.74, 6) is 0.592. The fraction of sp³-hybridized carbons (Fsp3) is 0.429.